The van der Waals surface area contributed by atoms with Crippen molar-refractivity contribution in [2.75, 3.05) is 13.7 Å². The van der Waals surface area contributed by atoms with Crippen molar-refractivity contribution in [1.82, 2.24) is 5.32 Å². The van der Waals surface area contributed by atoms with Gasteiger partial charge >= 0.3 is 0 Å². The van der Waals surface area contributed by atoms with E-state index in [1.54, 1.807) is 0 Å². The Bertz CT molecular complexity index is 472. The summed E-state index contributed by atoms with van der Waals surface area (Å²) in [6.07, 6.45) is 1.07. The van der Waals surface area contributed by atoms with Gasteiger partial charge in [-0.05, 0) is 24.9 Å². The zero-order chi connectivity index (χ0) is 12.1. The predicted octanol–water partition coefficient (Wildman–Crippen LogP) is 3.22. The van der Waals surface area contributed by atoms with Crippen LogP contribution in [0, 0.1) is 0 Å². The zero-order valence-corrected chi connectivity index (χ0v) is 10.4. The van der Waals surface area contributed by atoms with Gasteiger partial charge in [0.2, 0.25) is 0 Å². The molecule has 2 aromatic carbocycles. The summed E-state index contributed by atoms with van der Waals surface area (Å²) in [7, 11) is 1.97. The Morgan fingerprint density at radius 3 is 2.65 bits per heavy atom. The second-order valence-corrected chi connectivity index (χ2v) is 4.18. The average Bonchev–Trinajstić information content (AvgIpc) is 2.40. The predicted molar refractivity (Wildman–Crippen MR) is 72.6 cm³/mol. The summed E-state index contributed by atoms with van der Waals surface area (Å²) >= 11 is 0. The number of benzene rings is 2. The molecule has 2 nitrogen and oxygen atoms in total. The molecule has 0 aliphatic carbocycles. The highest BCUT2D eigenvalue weighted by atomic mass is 16.5. The highest BCUT2D eigenvalue weighted by Gasteiger charge is 2.05. The van der Waals surface area contributed by atoms with E-state index in [0.29, 0.717) is 12.6 Å². The van der Waals surface area contributed by atoms with Crippen LogP contribution in [0.3, 0.4) is 0 Å². The Hall–Kier alpha value is -1.54. The number of likely N-dealkylation sites (N-methyl/N-ethyl adjacent to an activating group) is 1. The number of hydrogen-bond acceptors (Lipinski definition) is 2. The fourth-order valence-electron chi connectivity index (χ4n) is 1.92. The third-order valence-electron chi connectivity index (χ3n) is 3.09. The van der Waals surface area contributed by atoms with Gasteiger partial charge < -0.3 is 10.1 Å². The van der Waals surface area contributed by atoms with E-state index in [-0.39, 0.29) is 0 Å². The molecule has 0 heterocycles. The van der Waals surface area contributed by atoms with Crippen LogP contribution in [0.25, 0.3) is 10.8 Å². The van der Waals surface area contributed by atoms with E-state index in [9.17, 15) is 0 Å². The topological polar surface area (TPSA) is 21.3 Å². The first-order valence-corrected chi connectivity index (χ1v) is 6.13. The second kappa shape index (κ2) is 5.69. The van der Waals surface area contributed by atoms with Crippen molar-refractivity contribution >= 4 is 10.8 Å². The van der Waals surface area contributed by atoms with Gasteiger partial charge in [-0.1, -0.05) is 43.3 Å². The minimum absolute atomic E-state index is 0.411. The summed E-state index contributed by atoms with van der Waals surface area (Å²) in [5.74, 6) is 0.969. The Labute approximate surface area is 103 Å². The lowest BCUT2D eigenvalue weighted by atomic mass is 10.1. The highest BCUT2D eigenvalue weighted by Crippen LogP contribution is 2.25. The first kappa shape index (κ1) is 11.9. The molecule has 0 radical (unpaired) electrons. The van der Waals surface area contributed by atoms with E-state index in [0.717, 1.165) is 12.2 Å². The summed E-state index contributed by atoms with van der Waals surface area (Å²) in [4.78, 5) is 0. The van der Waals surface area contributed by atoms with Crippen molar-refractivity contribution in [3.05, 3.63) is 42.5 Å². The number of ether oxygens (including phenoxy) is 1. The minimum Gasteiger partial charge on any atom is -0.491 e. The fourth-order valence-corrected chi connectivity index (χ4v) is 1.92. The molecule has 17 heavy (non-hydrogen) atoms. The molecule has 2 rings (SSSR count). The van der Waals surface area contributed by atoms with E-state index in [1.807, 2.05) is 25.2 Å². The van der Waals surface area contributed by atoms with Crippen molar-refractivity contribution in [2.24, 2.45) is 0 Å². The van der Waals surface area contributed by atoms with Gasteiger partial charge in [0.05, 0.1) is 0 Å². The van der Waals surface area contributed by atoms with Crippen LogP contribution in [0.4, 0.5) is 0 Å². The molecule has 0 spiro atoms. The van der Waals surface area contributed by atoms with Gasteiger partial charge in [0.15, 0.2) is 0 Å². The van der Waals surface area contributed by atoms with Crippen LogP contribution in [0.1, 0.15) is 13.3 Å². The molecule has 90 valence electrons. The summed E-state index contributed by atoms with van der Waals surface area (Å²) < 4.78 is 5.90. The smallest absolute Gasteiger partial charge is 0.127 e. The van der Waals surface area contributed by atoms with Gasteiger partial charge in [0.25, 0.3) is 0 Å². The van der Waals surface area contributed by atoms with Gasteiger partial charge in [0, 0.05) is 11.4 Å². The van der Waals surface area contributed by atoms with Gasteiger partial charge in [-0.2, -0.15) is 0 Å². The molecule has 0 fully saturated rings. The standard InChI is InChI=1S/C15H19NO/c1-3-13(16-2)11-17-15-10-6-8-12-7-4-5-9-14(12)15/h4-10,13,16H,3,11H2,1-2H3. The number of hydrogen-bond donors (Lipinski definition) is 1. The van der Waals surface area contributed by atoms with Crippen molar-refractivity contribution < 1.29 is 4.74 Å². The van der Waals surface area contributed by atoms with Gasteiger partial charge in [0.1, 0.15) is 12.4 Å². The number of fused-ring (bicyclic) bond motifs is 1. The van der Waals surface area contributed by atoms with Gasteiger partial charge in [-0.3, -0.25) is 0 Å². The first-order valence-electron chi connectivity index (χ1n) is 6.13. The molecule has 1 atom stereocenters. The Balaban J connectivity index is 2.18. The number of rotatable bonds is 5. The molecule has 0 bridgehead atoms. The van der Waals surface area contributed by atoms with E-state index in [4.69, 9.17) is 4.74 Å². The maximum absolute atomic E-state index is 5.90. The van der Waals surface area contributed by atoms with Crippen LogP contribution in [-0.4, -0.2) is 19.7 Å². The summed E-state index contributed by atoms with van der Waals surface area (Å²) in [6, 6.07) is 14.9. The Morgan fingerprint density at radius 1 is 1.12 bits per heavy atom. The molecule has 0 aliphatic heterocycles. The first-order chi connectivity index (χ1) is 8.35. The lowest BCUT2D eigenvalue weighted by Gasteiger charge is -2.16. The minimum atomic E-state index is 0.411. The van der Waals surface area contributed by atoms with Crippen LogP contribution in [-0.2, 0) is 0 Å². The van der Waals surface area contributed by atoms with Gasteiger partial charge in [-0.15, -0.1) is 0 Å². The van der Waals surface area contributed by atoms with E-state index < -0.39 is 0 Å². The molecule has 0 aliphatic rings. The molecule has 0 aromatic heterocycles. The molecule has 2 aromatic rings. The summed E-state index contributed by atoms with van der Waals surface area (Å²) in [5.41, 5.74) is 0. The molecule has 0 saturated carbocycles. The van der Waals surface area contributed by atoms with Crippen LogP contribution < -0.4 is 10.1 Å². The third kappa shape index (κ3) is 2.77. The van der Waals surface area contributed by atoms with E-state index in [1.165, 1.54) is 10.8 Å². The van der Waals surface area contributed by atoms with Crippen LogP contribution in [0.15, 0.2) is 42.5 Å². The molecule has 1 N–H and O–H groups in total. The molecular formula is C15H19NO. The summed E-state index contributed by atoms with van der Waals surface area (Å²) in [5, 5.41) is 5.65. The van der Waals surface area contributed by atoms with Crippen LogP contribution in [0.5, 0.6) is 5.75 Å². The monoisotopic (exact) mass is 229 g/mol. The molecular weight excluding hydrogens is 210 g/mol. The number of nitrogens with one attached hydrogen (secondary N) is 1. The molecule has 0 amide bonds. The largest absolute Gasteiger partial charge is 0.491 e. The van der Waals surface area contributed by atoms with Crippen molar-refractivity contribution in [3.63, 3.8) is 0 Å². The quantitative estimate of drug-likeness (QED) is 0.850. The zero-order valence-electron chi connectivity index (χ0n) is 10.4. The average molecular weight is 229 g/mol. The van der Waals surface area contributed by atoms with Crippen LogP contribution in [0.2, 0.25) is 0 Å². The Kier molecular flexibility index (Phi) is 3.99. The molecule has 1 unspecified atom stereocenters. The Morgan fingerprint density at radius 2 is 1.88 bits per heavy atom. The molecule has 0 saturated heterocycles. The molecule has 2 heteroatoms. The van der Waals surface area contributed by atoms with Crippen molar-refractivity contribution in [3.8, 4) is 5.75 Å². The maximum Gasteiger partial charge on any atom is 0.127 e. The SMILES string of the molecule is CCC(COc1cccc2ccccc12)NC. The van der Waals surface area contributed by atoms with Crippen LogP contribution >= 0.6 is 0 Å². The highest BCUT2D eigenvalue weighted by molar-refractivity contribution is 5.88. The van der Waals surface area contributed by atoms with Crippen molar-refractivity contribution in [1.29, 1.82) is 0 Å². The van der Waals surface area contributed by atoms with E-state index >= 15 is 0 Å². The lowest BCUT2D eigenvalue weighted by Crippen LogP contribution is -2.30. The third-order valence-corrected chi connectivity index (χ3v) is 3.09. The fraction of sp³-hybridized carbons (Fsp3) is 0.333. The second-order valence-electron chi connectivity index (χ2n) is 4.18. The van der Waals surface area contributed by atoms with Crippen molar-refractivity contribution in [2.45, 2.75) is 19.4 Å². The van der Waals surface area contributed by atoms with E-state index in [2.05, 4.69) is 36.5 Å². The van der Waals surface area contributed by atoms with Gasteiger partial charge in [-0.25, -0.2) is 0 Å². The maximum atomic E-state index is 5.90. The lowest BCUT2D eigenvalue weighted by molar-refractivity contribution is 0.270. The summed E-state index contributed by atoms with van der Waals surface area (Å²) in [6.45, 7) is 2.87. The normalized spacial score (nSPS) is 12.6.